The largest absolute Gasteiger partial charge is 0.338 e. The van der Waals surface area contributed by atoms with Crippen LogP contribution in [0.2, 0.25) is 0 Å². The van der Waals surface area contributed by atoms with E-state index >= 15 is 0 Å². The van der Waals surface area contributed by atoms with Crippen LogP contribution < -0.4 is 5.73 Å². The number of nitrogens with two attached hydrogens (primary N) is 1. The van der Waals surface area contributed by atoms with E-state index in [1.54, 1.807) is 17.4 Å². The molecule has 92 valence electrons. The maximum atomic E-state index is 11.9. The average Bonchev–Trinajstić information content (AvgIpc) is 2.72. The predicted octanol–water partition coefficient (Wildman–Crippen LogP) is 2.47. The van der Waals surface area contributed by atoms with Crippen molar-refractivity contribution in [2.45, 2.75) is 18.9 Å². The Balaban J connectivity index is 1.94. The van der Waals surface area contributed by atoms with Crippen LogP contribution in [0.15, 0.2) is 21.3 Å². The zero-order valence-electron chi connectivity index (χ0n) is 9.43. The van der Waals surface area contributed by atoms with Crippen LogP contribution in [0.5, 0.6) is 0 Å². The molecule has 1 fully saturated rings. The fourth-order valence-corrected chi connectivity index (χ4v) is 3.04. The van der Waals surface area contributed by atoms with E-state index < -0.39 is 0 Å². The summed E-state index contributed by atoms with van der Waals surface area (Å²) in [6.45, 7) is 1.50. The highest BCUT2D eigenvalue weighted by molar-refractivity contribution is 9.11. The maximum absolute atomic E-state index is 11.9. The molecule has 2 N–H and O–H groups in total. The Bertz CT molecular complexity index is 430. The number of thiophene rings is 1. The summed E-state index contributed by atoms with van der Waals surface area (Å²) < 4.78 is 1.07. The summed E-state index contributed by atoms with van der Waals surface area (Å²) in [5.41, 5.74) is 6.90. The molecule has 1 saturated heterocycles. The number of nitrogens with zero attached hydrogens (tertiary/aromatic N) is 1. The van der Waals surface area contributed by atoms with Gasteiger partial charge in [0.1, 0.15) is 0 Å². The lowest BCUT2D eigenvalue weighted by molar-refractivity contribution is -0.127. The van der Waals surface area contributed by atoms with Gasteiger partial charge < -0.3 is 10.6 Å². The number of likely N-dealkylation sites (tertiary alicyclic amines) is 1. The lowest BCUT2D eigenvalue weighted by atomic mass is 10.1. The number of piperidine rings is 1. The van der Waals surface area contributed by atoms with Crippen LogP contribution in [0, 0.1) is 0 Å². The third-order valence-corrected chi connectivity index (χ3v) is 4.30. The molecule has 3 nitrogen and oxygen atoms in total. The van der Waals surface area contributed by atoms with Gasteiger partial charge in [-0.2, -0.15) is 0 Å². The number of carbonyl (C=O) groups is 1. The van der Waals surface area contributed by atoms with Crippen molar-refractivity contribution in [2.24, 2.45) is 5.73 Å². The van der Waals surface area contributed by atoms with Crippen molar-refractivity contribution in [2.75, 3.05) is 13.1 Å². The fraction of sp³-hybridized carbons (Fsp3) is 0.417. The third kappa shape index (κ3) is 3.66. The van der Waals surface area contributed by atoms with Crippen molar-refractivity contribution >= 4 is 39.2 Å². The van der Waals surface area contributed by atoms with E-state index in [9.17, 15) is 4.79 Å². The molecule has 0 aromatic carbocycles. The van der Waals surface area contributed by atoms with Gasteiger partial charge in [-0.05, 0) is 51.9 Å². The van der Waals surface area contributed by atoms with E-state index in [4.69, 9.17) is 5.73 Å². The first kappa shape index (κ1) is 12.8. The van der Waals surface area contributed by atoms with Gasteiger partial charge in [-0.1, -0.05) is 0 Å². The molecule has 0 spiro atoms. The monoisotopic (exact) mass is 314 g/mol. The van der Waals surface area contributed by atoms with Crippen LogP contribution in [0.1, 0.15) is 18.4 Å². The highest BCUT2D eigenvalue weighted by Gasteiger charge is 2.19. The molecule has 1 aliphatic heterocycles. The summed E-state index contributed by atoms with van der Waals surface area (Å²) in [7, 11) is 0. The SMILES string of the molecule is NC1CCCN(C(=O)C=Cc2csc(Br)c2)C1. The molecule has 1 unspecified atom stereocenters. The summed E-state index contributed by atoms with van der Waals surface area (Å²) in [5.74, 6) is 0.0578. The molecular weight excluding hydrogens is 300 g/mol. The summed E-state index contributed by atoms with van der Waals surface area (Å²) >= 11 is 5.01. The number of amides is 1. The molecule has 1 atom stereocenters. The Morgan fingerprint density at radius 2 is 2.47 bits per heavy atom. The second-order valence-corrected chi connectivity index (χ2v) is 6.49. The van der Waals surface area contributed by atoms with E-state index in [0.717, 1.165) is 28.7 Å². The summed E-state index contributed by atoms with van der Waals surface area (Å²) in [5, 5.41) is 2.01. The van der Waals surface area contributed by atoms with Crippen molar-refractivity contribution in [3.05, 3.63) is 26.9 Å². The first-order valence-electron chi connectivity index (χ1n) is 5.62. The topological polar surface area (TPSA) is 46.3 Å². The van der Waals surface area contributed by atoms with Crippen LogP contribution in [0.3, 0.4) is 0 Å². The summed E-state index contributed by atoms with van der Waals surface area (Å²) in [6.07, 6.45) is 5.51. The summed E-state index contributed by atoms with van der Waals surface area (Å²) in [6, 6.07) is 2.13. The molecule has 1 aromatic rings. The van der Waals surface area contributed by atoms with Crippen molar-refractivity contribution in [1.29, 1.82) is 0 Å². The number of rotatable bonds is 2. The van der Waals surface area contributed by atoms with Crippen molar-refractivity contribution in [3.8, 4) is 0 Å². The number of halogens is 1. The zero-order chi connectivity index (χ0) is 12.3. The number of carbonyl (C=O) groups excluding carboxylic acids is 1. The van der Waals surface area contributed by atoms with Crippen LogP contribution in [-0.4, -0.2) is 29.9 Å². The van der Waals surface area contributed by atoms with E-state index in [0.29, 0.717) is 6.54 Å². The minimum atomic E-state index is 0.0578. The molecular formula is C12H15BrN2OS. The van der Waals surface area contributed by atoms with Gasteiger partial charge in [0.25, 0.3) is 0 Å². The quantitative estimate of drug-likeness (QED) is 0.852. The smallest absolute Gasteiger partial charge is 0.246 e. The molecule has 0 aliphatic carbocycles. The van der Waals surface area contributed by atoms with Gasteiger partial charge in [0.2, 0.25) is 5.91 Å². The Kier molecular flexibility index (Phi) is 4.36. The maximum Gasteiger partial charge on any atom is 0.246 e. The molecule has 5 heteroatoms. The molecule has 0 radical (unpaired) electrons. The zero-order valence-corrected chi connectivity index (χ0v) is 11.8. The van der Waals surface area contributed by atoms with E-state index in [1.807, 2.05) is 22.4 Å². The molecule has 2 heterocycles. The van der Waals surface area contributed by atoms with Gasteiger partial charge in [0.15, 0.2) is 0 Å². The molecule has 0 saturated carbocycles. The van der Waals surface area contributed by atoms with Crippen LogP contribution in [-0.2, 0) is 4.79 Å². The third-order valence-electron chi connectivity index (χ3n) is 2.78. The Hall–Kier alpha value is -0.650. The van der Waals surface area contributed by atoms with Crippen molar-refractivity contribution in [3.63, 3.8) is 0 Å². The lowest BCUT2D eigenvalue weighted by Crippen LogP contribution is -2.45. The average molecular weight is 315 g/mol. The highest BCUT2D eigenvalue weighted by Crippen LogP contribution is 2.21. The van der Waals surface area contributed by atoms with Crippen LogP contribution >= 0.6 is 27.3 Å². The first-order chi connectivity index (χ1) is 8.15. The second kappa shape index (κ2) is 5.80. The Morgan fingerprint density at radius 3 is 3.12 bits per heavy atom. The van der Waals surface area contributed by atoms with Gasteiger partial charge in [0, 0.05) is 25.2 Å². The van der Waals surface area contributed by atoms with Crippen molar-refractivity contribution in [1.82, 2.24) is 4.90 Å². The van der Waals surface area contributed by atoms with Gasteiger partial charge in [0.05, 0.1) is 3.79 Å². The van der Waals surface area contributed by atoms with E-state index in [2.05, 4.69) is 15.9 Å². The molecule has 0 bridgehead atoms. The van der Waals surface area contributed by atoms with Gasteiger partial charge in [-0.3, -0.25) is 4.79 Å². The first-order valence-corrected chi connectivity index (χ1v) is 7.29. The van der Waals surface area contributed by atoms with Crippen molar-refractivity contribution < 1.29 is 4.79 Å². The Morgan fingerprint density at radius 1 is 1.65 bits per heavy atom. The van der Waals surface area contributed by atoms with E-state index in [1.165, 1.54) is 0 Å². The normalized spacial score (nSPS) is 21.1. The lowest BCUT2D eigenvalue weighted by Gasteiger charge is -2.29. The highest BCUT2D eigenvalue weighted by atomic mass is 79.9. The minimum Gasteiger partial charge on any atom is -0.338 e. The van der Waals surface area contributed by atoms with Gasteiger partial charge >= 0.3 is 0 Å². The molecule has 1 amide bonds. The predicted molar refractivity (Wildman–Crippen MR) is 74.8 cm³/mol. The van der Waals surface area contributed by atoms with Crippen LogP contribution in [0.4, 0.5) is 0 Å². The number of hydrogen-bond acceptors (Lipinski definition) is 3. The minimum absolute atomic E-state index is 0.0578. The summed E-state index contributed by atoms with van der Waals surface area (Å²) in [4.78, 5) is 13.7. The van der Waals surface area contributed by atoms with Gasteiger partial charge in [-0.25, -0.2) is 0 Å². The van der Waals surface area contributed by atoms with Gasteiger partial charge in [-0.15, -0.1) is 11.3 Å². The molecule has 1 aliphatic rings. The number of hydrogen-bond donors (Lipinski definition) is 1. The van der Waals surface area contributed by atoms with Crippen LogP contribution in [0.25, 0.3) is 6.08 Å². The standard InChI is InChI=1S/C12H15BrN2OS/c13-11-6-9(8-17-11)3-4-12(16)15-5-1-2-10(14)7-15/h3-4,6,8,10H,1-2,5,7,14H2. The molecule has 1 aromatic heterocycles. The molecule has 2 rings (SSSR count). The fourth-order valence-electron chi connectivity index (χ4n) is 1.89. The molecule has 17 heavy (non-hydrogen) atoms. The Labute approximate surface area is 113 Å². The second-order valence-electron chi connectivity index (χ2n) is 4.20. The van der Waals surface area contributed by atoms with E-state index in [-0.39, 0.29) is 11.9 Å².